The molecule has 42 heavy (non-hydrogen) atoms. The molecule has 0 radical (unpaired) electrons. The first-order valence-electron chi connectivity index (χ1n) is 14.6. The van der Waals surface area contributed by atoms with E-state index in [2.05, 4.69) is 10.6 Å². The van der Waals surface area contributed by atoms with Gasteiger partial charge >= 0.3 is 6.09 Å². The largest absolute Gasteiger partial charge is 0.497 e. The summed E-state index contributed by atoms with van der Waals surface area (Å²) in [7, 11) is -2.42. The number of rotatable bonds is 12. The molecule has 0 aromatic heterocycles. The van der Waals surface area contributed by atoms with E-state index in [0.717, 1.165) is 12.0 Å². The Balaban J connectivity index is 1.19. The van der Waals surface area contributed by atoms with E-state index in [4.69, 9.17) is 18.9 Å². The number of hydrogen-bond acceptors (Lipinski definition) is 9. The average molecular weight is 602 g/mol. The van der Waals surface area contributed by atoms with Crippen LogP contribution in [0.2, 0.25) is 0 Å². The van der Waals surface area contributed by atoms with E-state index < -0.39 is 28.3 Å². The predicted octanol–water partition coefficient (Wildman–Crippen LogP) is 1.61. The highest BCUT2D eigenvalue weighted by Crippen LogP contribution is 2.49. The highest BCUT2D eigenvalue weighted by Gasteiger charge is 2.56. The monoisotopic (exact) mass is 601 g/mol. The standard InChI is InChI=1S/C30H39N3O8S/c1-38-22-7-9-23(10-8-22)42(36,37)33(15-20-13-31-14-20)16-27(34)26(11-19-5-3-2-4-6-19)32-30(35)41-28-21-12-24-25(28)18-40-29(24)39-17-21/h2-10,20-21,24-29,31,34H,11-18H2,1H3,(H,32,35)/t21?,24?,25?,26-,27+,28?,29?/m0/s1. The van der Waals surface area contributed by atoms with Gasteiger partial charge < -0.3 is 34.7 Å². The molecule has 3 heterocycles. The Morgan fingerprint density at radius 2 is 1.83 bits per heavy atom. The van der Waals surface area contributed by atoms with Crippen molar-refractivity contribution in [3.05, 3.63) is 60.2 Å². The molecule has 2 aromatic carbocycles. The summed E-state index contributed by atoms with van der Waals surface area (Å²) in [6, 6.07) is 14.9. The van der Waals surface area contributed by atoms with Gasteiger partial charge in [-0.15, -0.1) is 0 Å². The van der Waals surface area contributed by atoms with Crippen LogP contribution >= 0.6 is 0 Å². The van der Waals surface area contributed by atoms with Crippen molar-refractivity contribution in [1.29, 1.82) is 0 Å². The topological polar surface area (TPSA) is 136 Å². The second-order valence-electron chi connectivity index (χ2n) is 11.8. The van der Waals surface area contributed by atoms with E-state index in [1.54, 1.807) is 12.1 Å². The van der Waals surface area contributed by atoms with Gasteiger partial charge in [0.2, 0.25) is 10.0 Å². The highest BCUT2D eigenvalue weighted by atomic mass is 32.2. The van der Waals surface area contributed by atoms with E-state index in [9.17, 15) is 18.3 Å². The summed E-state index contributed by atoms with van der Waals surface area (Å²) < 4.78 is 51.5. The molecule has 228 valence electrons. The summed E-state index contributed by atoms with van der Waals surface area (Å²) in [6.07, 6.45) is -1.19. The molecule has 4 fully saturated rings. The van der Waals surface area contributed by atoms with E-state index in [0.29, 0.717) is 38.5 Å². The van der Waals surface area contributed by atoms with Crippen LogP contribution < -0.4 is 15.4 Å². The van der Waals surface area contributed by atoms with Gasteiger partial charge in [-0.2, -0.15) is 4.31 Å². The van der Waals surface area contributed by atoms with Crippen molar-refractivity contribution in [3.63, 3.8) is 0 Å². The maximum atomic E-state index is 13.8. The lowest BCUT2D eigenvalue weighted by Gasteiger charge is -2.35. The number of ether oxygens (including phenoxy) is 4. The minimum Gasteiger partial charge on any atom is -0.497 e. The quantitative estimate of drug-likeness (QED) is 0.332. The van der Waals surface area contributed by atoms with Gasteiger partial charge in [-0.25, -0.2) is 13.2 Å². The zero-order valence-corrected chi connectivity index (χ0v) is 24.4. The average Bonchev–Trinajstić information content (AvgIpc) is 3.51. The normalized spacial score (nSPS) is 28.2. The number of hydrogen-bond donors (Lipinski definition) is 3. The molecule has 1 amide bonds. The van der Waals surface area contributed by atoms with Crippen molar-refractivity contribution in [2.75, 3.05) is 46.5 Å². The third-order valence-electron chi connectivity index (χ3n) is 9.01. The highest BCUT2D eigenvalue weighted by molar-refractivity contribution is 7.89. The van der Waals surface area contributed by atoms with E-state index in [1.165, 1.54) is 23.5 Å². The van der Waals surface area contributed by atoms with Gasteiger partial charge in [0.15, 0.2) is 6.29 Å². The van der Waals surface area contributed by atoms with Gasteiger partial charge in [0.25, 0.3) is 0 Å². The molecule has 3 aliphatic heterocycles. The van der Waals surface area contributed by atoms with Crippen LogP contribution in [0.25, 0.3) is 0 Å². The summed E-state index contributed by atoms with van der Waals surface area (Å²) in [5, 5.41) is 17.6. The molecule has 6 rings (SSSR count). The summed E-state index contributed by atoms with van der Waals surface area (Å²) >= 11 is 0. The molecule has 3 saturated heterocycles. The molecule has 0 spiro atoms. The Morgan fingerprint density at radius 1 is 1.10 bits per heavy atom. The third-order valence-corrected chi connectivity index (χ3v) is 10.9. The summed E-state index contributed by atoms with van der Waals surface area (Å²) in [5.74, 6) is 1.10. The Morgan fingerprint density at radius 3 is 2.52 bits per heavy atom. The van der Waals surface area contributed by atoms with Crippen molar-refractivity contribution in [2.45, 2.75) is 42.3 Å². The lowest BCUT2D eigenvalue weighted by Crippen LogP contribution is -2.54. The Hall–Kier alpha value is -2.74. The smallest absolute Gasteiger partial charge is 0.407 e. The molecule has 1 saturated carbocycles. The molecule has 7 atom stereocenters. The minimum atomic E-state index is -3.94. The molecule has 4 aliphatic rings. The van der Waals surface area contributed by atoms with Crippen LogP contribution in [0.5, 0.6) is 5.75 Å². The molecule has 2 aromatic rings. The van der Waals surface area contributed by atoms with Gasteiger partial charge in [-0.3, -0.25) is 0 Å². The first-order valence-corrected chi connectivity index (χ1v) is 16.0. The molecule has 2 bridgehead atoms. The first-order chi connectivity index (χ1) is 20.3. The van der Waals surface area contributed by atoms with Crippen molar-refractivity contribution >= 4 is 16.1 Å². The van der Waals surface area contributed by atoms with Gasteiger partial charge in [-0.05, 0) is 48.6 Å². The second-order valence-corrected chi connectivity index (χ2v) is 13.7. The summed E-state index contributed by atoms with van der Waals surface area (Å²) in [4.78, 5) is 13.4. The fraction of sp³-hybridized carbons (Fsp3) is 0.567. The Bertz CT molecular complexity index is 1320. The van der Waals surface area contributed by atoms with Crippen molar-refractivity contribution in [3.8, 4) is 5.75 Å². The maximum absolute atomic E-state index is 13.8. The van der Waals surface area contributed by atoms with Crippen molar-refractivity contribution < 1.29 is 37.3 Å². The number of aliphatic hydroxyl groups is 1. The number of sulfonamides is 1. The molecule has 1 aliphatic carbocycles. The fourth-order valence-electron chi connectivity index (χ4n) is 6.58. The van der Waals surface area contributed by atoms with Gasteiger partial charge in [0.1, 0.15) is 11.9 Å². The fourth-order valence-corrected chi connectivity index (χ4v) is 8.11. The number of carbonyl (C=O) groups excluding carboxylic acids is 1. The summed E-state index contributed by atoms with van der Waals surface area (Å²) in [6.45, 7) is 2.43. The van der Waals surface area contributed by atoms with Crippen LogP contribution in [0.15, 0.2) is 59.5 Å². The SMILES string of the molecule is COc1ccc(S(=O)(=O)N(CC2CNC2)C[C@@H](O)[C@H](Cc2ccccc2)NC(=O)OC2C3COC4OCC2C4C3)cc1. The maximum Gasteiger partial charge on any atom is 0.407 e. The van der Waals surface area contributed by atoms with Gasteiger partial charge in [-0.1, -0.05) is 30.3 Å². The molecular weight excluding hydrogens is 562 g/mol. The van der Waals surface area contributed by atoms with E-state index >= 15 is 0 Å². The lowest BCUT2D eigenvalue weighted by molar-refractivity contribution is -0.169. The number of methoxy groups -OCH3 is 1. The molecular formula is C30H39N3O8S. The van der Waals surface area contributed by atoms with E-state index in [1.807, 2.05) is 30.3 Å². The van der Waals surface area contributed by atoms with Crippen molar-refractivity contribution in [1.82, 2.24) is 14.9 Å². The van der Waals surface area contributed by atoms with Crippen molar-refractivity contribution in [2.24, 2.45) is 23.7 Å². The summed E-state index contributed by atoms with van der Waals surface area (Å²) in [5.41, 5.74) is 0.895. The number of nitrogens with one attached hydrogen (secondary N) is 2. The number of amides is 1. The zero-order valence-electron chi connectivity index (χ0n) is 23.6. The predicted molar refractivity (Wildman–Crippen MR) is 152 cm³/mol. The number of aliphatic hydroxyl groups excluding tert-OH is 1. The van der Waals surface area contributed by atoms with Crippen LogP contribution in [0.3, 0.4) is 0 Å². The molecule has 5 unspecified atom stereocenters. The van der Waals surface area contributed by atoms with Gasteiger partial charge in [0.05, 0.1) is 37.4 Å². The first kappa shape index (κ1) is 29.3. The zero-order chi connectivity index (χ0) is 29.3. The number of benzene rings is 2. The third kappa shape index (κ3) is 6.15. The number of alkyl carbamates (subject to hydrolysis) is 1. The van der Waals surface area contributed by atoms with Crippen LogP contribution in [0.4, 0.5) is 4.79 Å². The molecule has 12 heteroatoms. The molecule has 11 nitrogen and oxygen atoms in total. The Labute approximate surface area is 246 Å². The van der Waals surface area contributed by atoms with Crippen LogP contribution in [-0.4, -0.2) is 95.0 Å². The lowest BCUT2D eigenvalue weighted by atomic mass is 9.98. The van der Waals surface area contributed by atoms with Crippen LogP contribution in [0.1, 0.15) is 12.0 Å². The second kappa shape index (κ2) is 12.5. The minimum absolute atomic E-state index is 0.0898. The van der Waals surface area contributed by atoms with Gasteiger partial charge in [0, 0.05) is 43.9 Å². The Kier molecular flexibility index (Phi) is 8.71. The number of nitrogens with zero attached hydrogens (tertiary/aromatic N) is 1. The van der Waals surface area contributed by atoms with Crippen LogP contribution in [0, 0.1) is 23.7 Å². The number of fused-ring (bicyclic) bond motifs is 1. The van der Waals surface area contributed by atoms with E-state index in [-0.39, 0.29) is 54.1 Å². The number of carbonyl (C=O) groups is 1. The van der Waals surface area contributed by atoms with Crippen LogP contribution in [-0.2, 0) is 30.7 Å². The molecule has 3 N–H and O–H groups in total.